The summed E-state index contributed by atoms with van der Waals surface area (Å²) in [6.45, 7) is 6.50. The first-order chi connectivity index (χ1) is 14.0. The van der Waals surface area contributed by atoms with Crippen LogP contribution >= 0.6 is 0 Å². The summed E-state index contributed by atoms with van der Waals surface area (Å²) in [6.07, 6.45) is 3.81. The van der Waals surface area contributed by atoms with Crippen LogP contribution in [0.15, 0.2) is 54.6 Å². The van der Waals surface area contributed by atoms with Gasteiger partial charge in [-0.15, -0.1) is 0 Å². The molecule has 5 nitrogen and oxygen atoms in total. The van der Waals surface area contributed by atoms with Crippen molar-refractivity contribution in [3.63, 3.8) is 0 Å². The molecule has 1 heterocycles. The minimum atomic E-state index is -0.600. The highest BCUT2D eigenvalue weighted by atomic mass is 16.2. The van der Waals surface area contributed by atoms with Crippen molar-refractivity contribution in [3.05, 3.63) is 71.3 Å². The summed E-state index contributed by atoms with van der Waals surface area (Å²) in [4.78, 5) is 27.3. The van der Waals surface area contributed by atoms with E-state index in [9.17, 15) is 9.59 Å². The summed E-state index contributed by atoms with van der Waals surface area (Å²) in [5, 5.41) is 5.73. The fraction of sp³-hybridized carbons (Fsp3) is 0.417. The van der Waals surface area contributed by atoms with Gasteiger partial charge in [0.05, 0.1) is 0 Å². The molecule has 2 aromatic carbocycles. The topological polar surface area (TPSA) is 61.4 Å². The standard InChI is InChI=1S/C24H31N3O2/c1-18-10-8-9-15-27(18)17-22-14-7-6-13-21(22)16-25-23(28)19(2)26-24(29)20-11-4-3-5-12-20/h3-7,11-14,18-19H,8-10,15-17H2,1-2H3,(H,25,28)(H,26,29)/t18-,19+/m0/s1. The second kappa shape index (κ2) is 10.2. The van der Waals surface area contributed by atoms with Crippen LogP contribution in [0.4, 0.5) is 0 Å². The third kappa shape index (κ3) is 5.91. The highest BCUT2D eigenvalue weighted by Gasteiger charge is 2.20. The van der Waals surface area contributed by atoms with E-state index in [0.717, 1.165) is 18.7 Å². The van der Waals surface area contributed by atoms with Crippen LogP contribution in [0.1, 0.15) is 54.6 Å². The maximum Gasteiger partial charge on any atom is 0.251 e. The van der Waals surface area contributed by atoms with Gasteiger partial charge in [0.2, 0.25) is 5.91 Å². The van der Waals surface area contributed by atoms with Gasteiger partial charge in [0.15, 0.2) is 0 Å². The molecule has 0 saturated carbocycles. The Bertz CT molecular complexity index is 822. The first-order valence-electron chi connectivity index (χ1n) is 10.5. The van der Waals surface area contributed by atoms with Gasteiger partial charge in [-0.05, 0) is 56.5 Å². The third-order valence-electron chi connectivity index (χ3n) is 5.66. The Hall–Kier alpha value is -2.66. The number of nitrogens with zero attached hydrogens (tertiary/aromatic N) is 1. The lowest BCUT2D eigenvalue weighted by atomic mass is 10.0. The van der Waals surface area contributed by atoms with E-state index in [4.69, 9.17) is 0 Å². The maximum atomic E-state index is 12.5. The molecule has 0 bridgehead atoms. The molecule has 0 spiro atoms. The Labute approximate surface area is 173 Å². The highest BCUT2D eigenvalue weighted by molar-refractivity contribution is 5.97. The van der Waals surface area contributed by atoms with Crippen molar-refractivity contribution in [3.8, 4) is 0 Å². The predicted molar refractivity (Wildman–Crippen MR) is 115 cm³/mol. The molecule has 29 heavy (non-hydrogen) atoms. The summed E-state index contributed by atoms with van der Waals surface area (Å²) < 4.78 is 0. The second-order valence-electron chi connectivity index (χ2n) is 7.86. The third-order valence-corrected chi connectivity index (χ3v) is 5.66. The molecule has 2 amide bonds. The van der Waals surface area contributed by atoms with Gasteiger partial charge in [-0.3, -0.25) is 14.5 Å². The molecular formula is C24H31N3O2. The van der Waals surface area contributed by atoms with Crippen LogP contribution in [0.5, 0.6) is 0 Å². The molecular weight excluding hydrogens is 362 g/mol. The van der Waals surface area contributed by atoms with Crippen LogP contribution in [0.3, 0.4) is 0 Å². The van der Waals surface area contributed by atoms with E-state index in [1.54, 1.807) is 31.2 Å². The number of amides is 2. The van der Waals surface area contributed by atoms with Gasteiger partial charge in [0, 0.05) is 24.7 Å². The van der Waals surface area contributed by atoms with E-state index >= 15 is 0 Å². The monoisotopic (exact) mass is 393 g/mol. The molecule has 0 radical (unpaired) electrons. The average molecular weight is 394 g/mol. The lowest BCUT2D eigenvalue weighted by Crippen LogP contribution is -2.44. The van der Waals surface area contributed by atoms with Gasteiger partial charge in [-0.25, -0.2) is 0 Å². The number of hydrogen-bond acceptors (Lipinski definition) is 3. The van der Waals surface area contributed by atoms with Crippen molar-refractivity contribution in [2.45, 2.75) is 58.3 Å². The first kappa shape index (κ1) is 21.1. The summed E-state index contributed by atoms with van der Waals surface area (Å²) in [5.74, 6) is -0.428. The molecule has 3 rings (SSSR count). The minimum absolute atomic E-state index is 0.185. The number of piperidine rings is 1. The van der Waals surface area contributed by atoms with E-state index in [2.05, 4.69) is 40.7 Å². The fourth-order valence-electron chi connectivity index (χ4n) is 3.77. The van der Waals surface area contributed by atoms with Gasteiger partial charge in [0.25, 0.3) is 5.91 Å². The number of rotatable bonds is 7. The van der Waals surface area contributed by atoms with E-state index in [-0.39, 0.29) is 11.8 Å². The lowest BCUT2D eigenvalue weighted by Gasteiger charge is -2.33. The first-order valence-corrected chi connectivity index (χ1v) is 10.5. The van der Waals surface area contributed by atoms with E-state index in [1.165, 1.54) is 24.8 Å². The van der Waals surface area contributed by atoms with Crippen molar-refractivity contribution in [2.75, 3.05) is 6.54 Å². The largest absolute Gasteiger partial charge is 0.350 e. The van der Waals surface area contributed by atoms with E-state index < -0.39 is 6.04 Å². The molecule has 5 heteroatoms. The molecule has 1 aliphatic rings. The van der Waals surface area contributed by atoms with Crippen LogP contribution in [-0.2, 0) is 17.9 Å². The summed E-state index contributed by atoms with van der Waals surface area (Å²) in [5.41, 5.74) is 2.93. The fourth-order valence-corrected chi connectivity index (χ4v) is 3.77. The Morgan fingerprint density at radius 3 is 2.45 bits per heavy atom. The summed E-state index contributed by atoms with van der Waals surface area (Å²) >= 11 is 0. The number of benzene rings is 2. The normalized spacial score (nSPS) is 18.1. The van der Waals surface area contributed by atoms with Crippen LogP contribution in [0.2, 0.25) is 0 Å². The number of carbonyl (C=O) groups excluding carboxylic acids is 2. The van der Waals surface area contributed by atoms with Gasteiger partial charge in [-0.2, -0.15) is 0 Å². The molecule has 1 aliphatic heterocycles. The molecule has 2 N–H and O–H groups in total. The second-order valence-corrected chi connectivity index (χ2v) is 7.86. The molecule has 0 unspecified atom stereocenters. The van der Waals surface area contributed by atoms with E-state index in [0.29, 0.717) is 18.2 Å². The Balaban J connectivity index is 1.55. The Morgan fingerprint density at radius 1 is 1.03 bits per heavy atom. The van der Waals surface area contributed by atoms with Gasteiger partial charge in [-0.1, -0.05) is 48.9 Å². The van der Waals surface area contributed by atoms with Gasteiger partial charge >= 0.3 is 0 Å². The zero-order valence-electron chi connectivity index (χ0n) is 17.4. The van der Waals surface area contributed by atoms with Crippen molar-refractivity contribution in [1.29, 1.82) is 0 Å². The molecule has 0 aromatic heterocycles. The van der Waals surface area contributed by atoms with Crippen molar-refractivity contribution in [2.24, 2.45) is 0 Å². The van der Waals surface area contributed by atoms with Crippen molar-refractivity contribution in [1.82, 2.24) is 15.5 Å². The van der Waals surface area contributed by atoms with Crippen LogP contribution in [0.25, 0.3) is 0 Å². The molecule has 0 aliphatic carbocycles. The Morgan fingerprint density at radius 2 is 1.72 bits per heavy atom. The maximum absolute atomic E-state index is 12.5. The van der Waals surface area contributed by atoms with Gasteiger partial charge in [0.1, 0.15) is 6.04 Å². The molecule has 1 saturated heterocycles. The molecule has 1 fully saturated rings. The molecule has 2 aromatic rings. The minimum Gasteiger partial charge on any atom is -0.350 e. The summed E-state index contributed by atoms with van der Waals surface area (Å²) in [7, 11) is 0. The van der Waals surface area contributed by atoms with Crippen molar-refractivity contribution >= 4 is 11.8 Å². The zero-order valence-corrected chi connectivity index (χ0v) is 17.4. The van der Waals surface area contributed by atoms with Crippen LogP contribution < -0.4 is 10.6 Å². The number of hydrogen-bond donors (Lipinski definition) is 2. The Kier molecular flexibility index (Phi) is 7.42. The molecule has 154 valence electrons. The average Bonchev–Trinajstić information content (AvgIpc) is 2.75. The quantitative estimate of drug-likeness (QED) is 0.757. The summed E-state index contributed by atoms with van der Waals surface area (Å²) in [6, 6.07) is 17.2. The smallest absolute Gasteiger partial charge is 0.251 e. The number of nitrogens with one attached hydrogen (secondary N) is 2. The predicted octanol–water partition coefficient (Wildman–Crippen LogP) is 3.50. The lowest BCUT2D eigenvalue weighted by molar-refractivity contribution is -0.122. The van der Waals surface area contributed by atoms with Crippen LogP contribution in [-0.4, -0.2) is 35.3 Å². The SMILES string of the molecule is C[C@@H](NC(=O)c1ccccc1)C(=O)NCc1ccccc1CN1CCCC[C@@H]1C. The van der Waals surface area contributed by atoms with Crippen LogP contribution in [0, 0.1) is 0 Å². The number of carbonyl (C=O) groups is 2. The van der Waals surface area contributed by atoms with Crippen molar-refractivity contribution < 1.29 is 9.59 Å². The van der Waals surface area contributed by atoms with Gasteiger partial charge < -0.3 is 10.6 Å². The van der Waals surface area contributed by atoms with E-state index in [1.807, 2.05) is 12.1 Å². The highest BCUT2D eigenvalue weighted by Crippen LogP contribution is 2.20. The molecule has 2 atom stereocenters. The number of likely N-dealkylation sites (tertiary alicyclic amines) is 1. The zero-order chi connectivity index (χ0) is 20.6.